The van der Waals surface area contributed by atoms with Gasteiger partial charge in [-0.25, -0.2) is 0 Å². The highest BCUT2D eigenvalue weighted by atomic mass is 16.5. The van der Waals surface area contributed by atoms with E-state index in [4.69, 9.17) is 13.9 Å². The summed E-state index contributed by atoms with van der Waals surface area (Å²) in [5, 5.41) is 0. The number of furan rings is 1. The van der Waals surface area contributed by atoms with Gasteiger partial charge in [-0.15, -0.1) is 0 Å². The van der Waals surface area contributed by atoms with Gasteiger partial charge in [0, 0.05) is 6.54 Å². The fourth-order valence-corrected chi connectivity index (χ4v) is 9.97. The average Bonchev–Trinajstić information content (AvgIpc) is 3.62. The molecular weight excluding hydrogens is 434 g/mol. The van der Waals surface area contributed by atoms with E-state index in [0.717, 1.165) is 50.0 Å². The summed E-state index contributed by atoms with van der Waals surface area (Å²) in [6.45, 7) is 11.3. The molecule has 4 aliphatic carbocycles. The molecule has 0 unspecified atom stereocenters. The summed E-state index contributed by atoms with van der Waals surface area (Å²) in [4.78, 5) is 2.52. The highest BCUT2D eigenvalue weighted by Gasteiger charge is 2.60. The molecule has 0 radical (unpaired) electrons. The Bertz CT molecular complexity index is 819. The Morgan fingerprint density at radius 3 is 2.57 bits per heavy atom. The van der Waals surface area contributed by atoms with Gasteiger partial charge in [0.15, 0.2) is 0 Å². The third-order valence-electron chi connectivity index (χ3n) is 11.9. The molecule has 0 amide bonds. The maximum Gasteiger partial charge on any atom is 0.0937 e. The Hall–Kier alpha value is -0.840. The van der Waals surface area contributed by atoms with Crippen LogP contribution in [0.4, 0.5) is 0 Å². The fourth-order valence-electron chi connectivity index (χ4n) is 9.97. The maximum atomic E-state index is 6.38. The molecule has 4 heteroatoms. The summed E-state index contributed by atoms with van der Waals surface area (Å²) in [6.07, 6.45) is 19.5. The Balaban J connectivity index is 1.00. The van der Waals surface area contributed by atoms with Gasteiger partial charge < -0.3 is 18.8 Å². The van der Waals surface area contributed by atoms with E-state index in [2.05, 4.69) is 24.8 Å². The molecular formula is C31H49NO3. The van der Waals surface area contributed by atoms with Crippen LogP contribution in [0.25, 0.3) is 0 Å². The summed E-state index contributed by atoms with van der Waals surface area (Å²) >= 11 is 0. The average molecular weight is 484 g/mol. The van der Waals surface area contributed by atoms with Crippen molar-refractivity contribution in [3.63, 3.8) is 0 Å². The zero-order chi connectivity index (χ0) is 23.9. The topological polar surface area (TPSA) is 34.8 Å². The first-order valence-electron chi connectivity index (χ1n) is 15.0. The van der Waals surface area contributed by atoms with Crippen molar-refractivity contribution in [1.29, 1.82) is 0 Å². The summed E-state index contributed by atoms with van der Waals surface area (Å²) in [6, 6.07) is 2.24. The lowest BCUT2D eigenvalue weighted by Gasteiger charge is -2.61. The SMILES string of the molecule is C[C@]12CC[C@H](OCCOCCN3CCCC3)C[C@H]1CC[C@H]1[C@H]3CC[C@H](c4ccoc4)[C@@]3(C)CC[C@@H]12. The molecule has 6 rings (SSSR count). The molecule has 2 heterocycles. The van der Waals surface area contributed by atoms with Gasteiger partial charge in [-0.3, -0.25) is 0 Å². The van der Waals surface area contributed by atoms with E-state index in [1.807, 2.05) is 12.5 Å². The van der Waals surface area contributed by atoms with Gasteiger partial charge in [-0.1, -0.05) is 13.8 Å². The van der Waals surface area contributed by atoms with Crippen LogP contribution in [0.5, 0.6) is 0 Å². The smallest absolute Gasteiger partial charge is 0.0937 e. The molecule has 4 nitrogen and oxygen atoms in total. The molecule has 4 saturated carbocycles. The van der Waals surface area contributed by atoms with Crippen molar-refractivity contribution in [3.8, 4) is 0 Å². The van der Waals surface area contributed by atoms with Crippen molar-refractivity contribution in [2.24, 2.45) is 34.5 Å². The lowest BCUT2D eigenvalue weighted by molar-refractivity contribution is -0.133. The molecule has 0 spiro atoms. The van der Waals surface area contributed by atoms with Crippen LogP contribution >= 0.6 is 0 Å². The molecule has 35 heavy (non-hydrogen) atoms. The van der Waals surface area contributed by atoms with Gasteiger partial charge >= 0.3 is 0 Å². The minimum Gasteiger partial charge on any atom is -0.472 e. The first-order chi connectivity index (χ1) is 17.1. The number of likely N-dealkylation sites (tertiary alicyclic amines) is 1. The molecule has 196 valence electrons. The normalized spacial score (nSPS) is 43.6. The minimum absolute atomic E-state index is 0.456. The molecule has 8 atom stereocenters. The summed E-state index contributed by atoms with van der Waals surface area (Å²) in [7, 11) is 0. The summed E-state index contributed by atoms with van der Waals surface area (Å²) in [5.74, 6) is 4.34. The Morgan fingerprint density at radius 1 is 0.914 bits per heavy atom. The molecule has 1 aliphatic heterocycles. The lowest BCUT2D eigenvalue weighted by atomic mass is 9.44. The van der Waals surface area contributed by atoms with Crippen LogP contribution in [-0.2, 0) is 9.47 Å². The third kappa shape index (κ3) is 4.55. The standard InChI is InChI=1S/C31H49NO3/c1-30-12-9-25(35-20-19-33-18-16-32-14-3-4-15-32)21-24(30)5-6-26-28-8-7-27(23-11-17-34-22-23)31(28,2)13-10-29(26)30/h11,17,22,24-29H,3-10,12-16,18-21H2,1-2H3/t24-,25+,26+,27-,28-,29+,30+,31-/m1/s1. The van der Waals surface area contributed by atoms with Gasteiger partial charge in [0.1, 0.15) is 0 Å². The van der Waals surface area contributed by atoms with Crippen LogP contribution < -0.4 is 0 Å². The van der Waals surface area contributed by atoms with Crippen LogP contribution in [0.3, 0.4) is 0 Å². The van der Waals surface area contributed by atoms with Crippen molar-refractivity contribution < 1.29 is 13.9 Å². The van der Waals surface area contributed by atoms with E-state index in [-0.39, 0.29) is 0 Å². The predicted octanol–water partition coefficient (Wildman–Crippen LogP) is 6.90. The highest BCUT2D eigenvalue weighted by Crippen LogP contribution is 2.69. The molecule has 5 aliphatic rings. The van der Waals surface area contributed by atoms with Gasteiger partial charge in [0.2, 0.25) is 0 Å². The number of fused-ring (bicyclic) bond motifs is 5. The number of rotatable bonds is 8. The van der Waals surface area contributed by atoms with Crippen molar-refractivity contribution in [2.45, 2.75) is 96.5 Å². The van der Waals surface area contributed by atoms with E-state index in [0.29, 0.717) is 22.9 Å². The van der Waals surface area contributed by atoms with E-state index < -0.39 is 0 Å². The molecule has 5 fully saturated rings. The van der Waals surface area contributed by atoms with Gasteiger partial charge in [-0.2, -0.15) is 0 Å². The van der Waals surface area contributed by atoms with Gasteiger partial charge in [-0.05, 0) is 136 Å². The molecule has 1 aromatic rings. The maximum absolute atomic E-state index is 6.38. The number of hydrogen-bond donors (Lipinski definition) is 0. The zero-order valence-electron chi connectivity index (χ0n) is 22.4. The van der Waals surface area contributed by atoms with Crippen molar-refractivity contribution >= 4 is 0 Å². The van der Waals surface area contributed by atoms with Crippen molar-refractivity contribution in [2.75, 3.05) is 39.5 Å². The van der Waals surface area contributed by atoms with E-state index in [1.165, 1.54) is 89.3 Å². The van der Waals surface area contributed by atoms with Gasteiger partial charge in [0.05, 0.1) is 38.5 Å². The monoisotopic (exact) mass is 483 g/mol. The molecule has 0 bridgehead atoms. The van der Waals surface area contributed by atoms with Crippen LogP contribution in [0.15, 0.2) is 23.0 Å². The van der Waals surface area contributed by atoms with E-state index in [9.17, 15) is 0 Å². The predicted molar refractivity (Wildman–Crippen MR) is 139 cm³/mol. The van der Waals surface area contributed by atoms with E-state index >= 15 is 0 Å². The van der Waals surface area contributed by atoms with Crippen molar-refractivity contribution in [3.05, 3.63) is 24.2 Å². The van der Waals surface area contributed by atoms with Crippen LogP contribution in [0, 0.1) is 34.5 Å². The van der Waals surface area contributed by atoms with Crippen LogP contribution in [-0.4, -0.2) is 50.5 Å². The number of nitrogens with zero attached hydrogens (tertiary/aromatic N) is 1. The number of ether oxygens (including phenoxy) is 2. The lowest BCUT2D eigenvalue weighted by Crippen LogP contribution is -2.53. The van der Waals surface area contributed by atoms with Crippen molar-refractivity contribution in [1.82, 2.24) is 4.90 Å². The quantitative estimate of drug-likeness (QED) is 0.377. The second-order valence-electron chi connectivity index (χ2n) is 13.3. The first-order valence-corrected chi connectivity index (χ1v) is 15.0. The molecule has 1 aromatic heterocycles. The van der Waals surface area contributed by atoms with Crippen LogP contribution in [0.1, 0.15) is 96.0 Å². The zero-order valence-corrected chi connectivity index (χ0v) is 22.4. The summed E-state index contributed by atoms with van der Waals surface area (Å²) < 4.78 is 17.8. The first kappa shape index (κ1) is 24.5. The number of hydrogen-bond acceptors (Lipinski definition) is 4. The second kappa shape index (κ2) is 10.1. The second-order valence-corrected chi connectivity index (χ2v) is 13.3. The Morgan fingerprint density at radius 2 is 1.74 bits per heavy atom. The van der Waals surface area contributed by atoms with Gasteiger partial charge in [0.25, 0.3) is 0 Å². The minimum atomic E-state index is 0.456. The summed E-state index contributed by atoms with van der Waals surface area (Å²) in [5.41, 5.74) is 2.47. The Kier molecular flexibility index (Phi) is 7.10. The van der Waals surface area contributed by atoms with E-state index in [1.54, 1.807) is 0 Å². The highest BCUT2D eigenvalue weighted by molar-refractivity contribution is 5.22. The largest absolute Gasteiger partial charge is 0.472 e. The third-order valence-corrected chi connectivity index (χ3v) is 11.9. The fraction of sp³-hybridized carbons (Fsp3) is 0.871. The molecule has 1 saturated heterocycles. The molecule has 0 N–H and O–H groups in total. The Labute approximate surface area is 213 Å². The van der Waals surface area contributed by atoms with Crippen LogP contribution in [0.2, 0.25) is 0 Å². The molecule has 0 aromatic carbocycles.